The van der Waals surface area contributed by atoms with Crippen LogP contribution in [0.2, 0.25) is 0 Å². The molecular weight excluding hydrogens is 363 g/mol. The number of thioether (sulfide) groups is 1. The molecule has 0 bridgehead atoms. The second kappa shape index (κ2) is 7.56. The molecule has 4 nitrogen and oxygen atoms in total. The molecule has 6 heteroatoms. The number of aromatic nitrogens is 2. The van der Waals surface area contributed by atoms with Crippen LogP contribution in [0.1, 0.15) is 23.2 Å². The van der Waals surface area contributed by atoms with Crippen LogP contribution in [0.4, 0.5) is 4.39 Å². The van der Waals surface area contributed by atoms with Crippen molar-refractivity contribution in [1.82, 2.24) is 9.55 Å². The van der Waals surface area contributed by atoms with Gasteiger partial charge in [0.2, 0.25) is 0 Å². The predicted molar refractivity (Wildman–Crippen MR) is 104 cm³/mol. The largest absolute Gasteiger partial charge is 0.497 e. The Morgan fingerprint density at radius 3 is 2.67 bits per heavy atom. The molecule has 1 heterocycles. The van der Waals surface area contributed by atoms with Crippen LogP contribution in [0, 0.1) is 5.82 Å². The Kier molecular flexibility index (Phi) is 4.99. The quantitative estimate of drug-likeness (QED) is 0.491. The second-order valence-electron chi connectivity index (χ2n) is 6.39. The summed E-state index contributed by atoms with van der Waals surface area (Å²) in [5.74, 6) is 0.972. The van der Waals surface area contributed by atoms with E-state index in [1.54, 1.807) is 23.8 Å². The highest BCUT2D eigenvalue weighted by Gasteiger charge is 2.23. The Morgan fingerprint density at radius 2 is 1.93 bits per heavy atom. The molecule has 2 aromatic carbocycles. The first-order valence-corrected chi connectivity index (χ1v) is 9.81. The summed E-state index contributed by atoms with van der Waals surface area (Å²) in [4.78, 5) is 17.1. The molecule has 138 valence electrons. The van der Waals surface area contributed by atoms with E-state index in [0.717, 1.165) is 47.0 Å². The number of rotatable bonds is 5. The van der Waals surface area contributed by atoms with Crippen molar-refractivity contribution in [1.29, 1.82) is 0 Å². The number of methoxy groups -OCH3 is 1. The first-order chi connectivity index (χ1) is 13.2. The summed E-state index contributed by atoms with van der Waals surface area (Å²) < 4.78 is 20.8. The monoisotopic (exact) mass is 382 g/mol. The van der Waals surface area contributed by atoms with Gasteiger partial charge in [-0.25, -0.2) is 9.18 Å². The lowest BCUT2D eigenvalue weighted by Crippen LogP contribution is -2.25. The van der Waals surface area contributed by atoms with Gasteiger partial charge in [-0.1, -0.05) is 18.2 Å². The van der Waals surface area contributed by atoms with E-state index in [0.29, 0.717) is 11.3 Å². The Balaban J connectivity index is 1.69. The van der Waals surface area contributed by atoms with Gasteiger partial charge in [0.25, 0.3) is 0 Å². The highest BCUT2D eigenvalue weighted by atomic mass is 32.2. The number of benzene rings is 2. The molecular formula is C21H19FN2O2S. The molecule has 0 fully saturated rings. The molecule has 1 aliphatic carbocycles. The minimum atomic E-state index is -0.295. The van der Waals surface area contributed by atoms with Crippen molar-refractivity contribution in [3.05, 3.63) is 81.7 Å². The number of fused-ring (bicyclic) bond motifs is 1. The van der Waals surface area contributed by atoms with E-state index < -0.39 is 0 Å². The summed E-state index contributed by atoms with van der Waals surface area (Å²) in [5, 5.41) is 0.723. The van der Waals surface area contributed by atoms with Crippen molar-refractivity contribution in [2.45, 2.75) is 30.0 Å². The van der Waals surface area contributed by atoms with Crippen LogP contribution in [0.5, 0.6) is 5.75 Å². The molecule has 0 saturated carbocycles. The molecule has 3 aromatic rings. The summed E-state index contributed by atoms with van der Waals surface area (Å²) in [7, 11) is 1.61. The second-order valence-corrected chi connectivity index (χ2v) is 7.36. The molecule has 0 aliphatic heterocycles. The first-order valence-electron chi connectivity index (χ1n) is 8.83. The molecule has 27 heavy (non-hydrogen) atoms. The summed E-state index contributed by atoms with van der Waals surface area (Å²) in [6.45, 7) is 0. The molecule has 0 amide bonds. The van der Waals surface area contributed by atoms with Gasteiger partial charge in [-0.05, 0) is 55.2 Å². The molecule has 4 rings (SSSR count). The van der Waals surface area contributed by atoms with E-state index in [2.05, 4.69) is 4.98 Å². The Hall–Kier alpha value is -2.60. The summed E-state index contributed by atoms with van der Waals surface area (Å²) in [6, 6.07) is 14.1. The van der Waals surface area contributed by atoms with Gasteiger partial charge in [0.15, 0.2) is 0 Å². The third kappa shape index (κ3) is 3.49. The van der Waals surface area contributed by atoms with Crippen LogP contribution in [-0.4, -0.2) is 16.7 Å². The van der Waals surface area contributed by atoms with Gasteiger partial charge in [0, 0.05) is 17.0 Å². The molecule has 0 saturated heterocycles. The highest BCUT2D eigenvalue weighted by Crippen LogP contribution is 2.32. The average Bonchev–Trinajstić information content (AvgIpc) is 3.17. The van der Waals surface area contributed by atoms with E-state index in [1.807, 2.05) is 30.3 Å². The van der Waals surface area contributed by atoms with Crippen LogP contribution in [0.25, 0.3) is 5.69 Å². The molecule has 0 atom stereocenters. The van der Waals surface area contributed by atoms with Crippen molar-refractivity contribution in [3.8, 4) is 11.4 Å². The van der Waals surface area contributed by atoms with E-state index >= 15 is 0 Å². The van der Waals surface area contributed by atoms with Crippen molar-refractivity contribution in [2.75, 3.05) is 7.11 Å². The summed E-state index contributed by atoms with van der Waals surface area (Å²) in [6.07, 6.45) is 2.72. The van der Waals surface area contributed by atoms with Gasteiger partial charge in [0.1, 0.15) is 16.6 Å². The van der Waals surface area contributed by atoms with E-state index in [1.165, 1.54) is 17.8 Å². The van der Waals surface area contributed by atoms with Crippen LogP contribution in [0.3, 0.4) is 0 Å². The number of nitrogens with zero attached hydrogens (tertiary/aromatic N) is 2. The maximum atomic E-state index is 13.9. The zero-order valence-electron chi connectivity index (χ0n) is 14.9. The zero-order chi connectivity index (χ0) is 18.8. The van der Waals surface area contributed by atoms with Crippen LogP contribution < -0.4 is 10.4 Å². The van der Waals surface area contributed by atoms with Gasteiger partial charge >= 0.3 is 5.69 Å². The Morgan fingerprint density at radius 1 is 1.15 bits per heavy atom. The molecule has 0 spiro atoms. The standard InChI is InChI=1S/C21H19FN2O2S/c1-26-16-11-9-15(10-12-16)24-19-8-4-6-17(19)20(23-21(24)25)27-13-14-5-2-3-7-18(14)22/h2-3,5,7,9-12H,4,6,8,13H2,1H3. The smallest absolute Gasteiger partial charge is 0.353 e. The molecule has 0 unspecified atom stereocenters. The van der Waals surface area contributed by atoms with Gasteiger partial charge in [0.05, 0.1) is 12.8 Å². The third-order valence-corrected chi connectivity index (χ3v) is 5.82. The fourth-order valence-electron chi connectivity index (χ4n) is 3.40. The number of hydrogen-bond donors (Lipinski definition) is 0. The number of hydrogen-bond acceptors (Lipinski definition) is 4. The van der Waals surface area contributed by atoms with Crippen LogP contribution >= 0.6 is 11.8 Å². The highest BCUT2D eigenvalue weighted by molar-refractivity contribution is 7.98. The lowest BCUT2D eigenvalue weighted by Gasteiger charge is -2.14. The van der Waals surface area contributed by atoms with Crippen molar-refractivity contribution < 1.29 is 9.13 Å². The minimum absolute atomic E-state index is 0.228. The van der Waals surface area contributed by atoms with Crippen molar-refractivity contribution in [3.63, 3.8) is 0 Å². The molecule has 1 aliphatic rings. The van der Waals surface area contributed by atoms with E-state index in [9.17, 15) is 9.18 Å². The molecule has 1 aromatic heterocycles. The lowest BCUT2D eigenvalue weighted by molar-refractivity contribution is 0.414. The van der Waals surface area contributed by atoms with E-state index in [4.69, 9.17) is 4.74 Å². The van der Waals surface area contributed by atoms with Crippen molar-refractivity contribution >= 4 is 11.8 Å². The zero-order valence-corrected chi connectivity index (χ0v) is 15.8. The summed E-state index contributed by atoms with van der Waals surface area (Å²) >= 11 is 1.43. The fraction of sp³-hybridized carbons (Fsp3) is 0.238. The maximum absolute atomic E-state index is 13.9. The fourth-order valence-corrected chi connectivity index (χ4v) is 4.47. The van der Waals surface area contributed by atoms with Gasteiger partial charge in [-0.3, -0.25) is 4.57 Å². The van der Waals surface area contributed by atoms with Gasteiger partial charge < -0.3 is 4.74 Å². The normalized spacial score (nSPS) is 12.8. The van der Waals surface area contributed by atoms with E-state index in [-0.39, 0.29) is 11.5 Å². The number of halogens is 1. The maximum Gasteiger partial charge on any atom is 0.353 e. The Labute approximate surface area is 161 Å². The van der Waals surface area contributed by atoms with Crippen LogP contribution in [0.15, 0.2) is 58.4 Å². The van der Waals surface area contributed by atoms with Crippen LogP contribution in [-0.2, 0) is 18.6 Å². The molecule has 0 radical (unpaired) electrons. The van der Waals surface area contributed by atoms with Gasteiger partial charge in [-0.15, -0.1) is 11.8 Å². The molecule has 0 N–H and O–H groups in total. The Bertz CT molecular complexity index is 1030. The minimum Gasteiger partial charge on any atom is -0.497 e. The lowest BCUT2D eigenvalue weighted by atomic mass is 10.2. The van der Waals surface area contributed by atoms with Crippen molar-refractivity contribution in [2.24, 2.45) is 0 Å². The summed E-state index contributed by atoms with van der Waals surface area (Å²) in [5.41, 5.74) is 3.23. The topological polar surface area (TPSA) is 44.1 Å². The van der Waals surface area contributed by atoms with Gasteiger partial charge in [-0.2, -0.15) is 4.98 Å². The predicted octanol–water partition coefficient (Wildman–Crippen LogP) is 4.16. The SMILES string of the molecule is COc1ccc(-n2c3c(c(SCc4ccccc4F)nc2=O)CCC3)cc1. The third-order valence-electron chi connectivity index (χ3n) is 4.76. The average molecular weight is 382 g/mol. The number of ether oxygens (including phenoxy) is 1. The first kappa shape index (κ1) is 17.8.